The van der Waals surface area contributed by atoms with E-state index in [9.17, 15) is 19.5 Å². The van der Waals surface area contributed by atoms with Crippen LogP contribution < -0.4 is 5.06 Å². The summed E-state index contributed by atoms with van der Waals surface area (Å²) < 4.78 is 0. The van der Waals surface area contributed by atoms with Crippen LogP contribution in [0.4, 0.5) is 5.69 Å². The number of hydroxylamine groups is 1. The number of imide groups is 1. The van der Waals surface area contributed by atoms with E-state index in [2.05, 4.69) is 0 Å². The van der Waals surface area contributed by atoms with Gasteiger partial charge in [0.1, 0.15) is 5.92 Å². The molecule has 0 bridgehead atoms. The minimum atomic E-state index is -1.03. The molecule has 1 N–H and O–H groups in total. The molecule has 2 aliphatic rings. The Morgan fingerprint density at radius 1 is 0.844 bits per heavy atom. The number of carboxylic acid groups (broad SMARTS) is 1. The van der Waals surface area contributed by atoms with Crippen molar-refractivity contribution in [2.24, 2.45) is 5.92 Å². The summed E-state index contributed by atoms with van der Waals surface area (Å²) in [6.07, 6.45) is -0.935. The van der Waals surface area contributed by atoms with Gasteiger partial charge in [-0.2, -0.15) is 0 Å². The summed E-state index contributed by atoms with van der Waals surface area (Å²) in [7, 11) is 0. The lowest BCUT2D eigenvalue weighted by Gasteiger charge is -2.28. The molecular formula is C25H20N2O5. The van der Waals surface area contributed by atoms with Gasteiger partial charge >= 0.3 is 5.97 Å². The van der Waals surface area contributed by atoms with Crippen molar-refractivity contribution in [2.75, 3.05) is 5.06 Å². The molecule has 3 aromatic rings. The molecular weight excluding hydrogens is 408 g/mol. The molecule has 0 radical (unpaired) electrons. The minimum absolute atomic E-state index is 0.148. The van der Waals surface area contributed by atoms with Crippen molar-refractivity contribution >= 4 is 23.5 Å². The lowest BCUT2D eigenvalue weighted by molar-refractivity contribution is -0.143. The van der Waals surface area contributed by atoms with Crippen LogP contribution in [0.3, 0.4) is 0 Å². The van der Waals surface area contributed by atoms with Crippen molar-refractivity contribution in [1.82, 2.24) is 4.90 Å². The summed E-state index contributed by atoms with van der Waals surface area (Å²) >= 11 is 0. The van der Waals surface area contributed by atoms with Gasteiger partial charge in [0.2, 0.25) is 5.91 Å². The molecule has 5 rings (SSSR count). The standard InChI is InChI=1S/C25H20N2O5/c28-23-20-21(17-11-13-18(14-12-17)25(30)31)27(19-9-5-2-6-10-19)32-22(20)24(29)26(23)15-16-7-3-1-4-8-16/h1-14,20-22H,15H2,(H,30,31)/t20-,21-,22-/m1/s1. The van der Waals surface area contributed by atoms with Crippen molar-refractivity contribution in [3.05, 3.63) is 102 Å². The Kier molecular flexibility index (Phi) is 4.95. The molecule has 2 aliphatic heterocycles. The van der Waals surface area contributed by atoms with Crippen molar-refractivity contribution in [2.45, 2.75) is 18.7 Å². The fraction of sp³-hybridized carbons (Fsp3) is 0.160. The van der Waals surface area contributed by atoms with Crippen molar-refractivity contribution in [3.63, 3.8) is 0 Å². The van der Waals surface area contributed by atoms with Crippen LogP contribution in [0.1, 0.15) is 27.5 Å². The molecule has 2 amide bonds. The van der Waals surface area contributed by atoms with Crippen LogP contribution >= 0.6 is 0 Å². The van der Waals surface area contributed by atoms with Crippen molar-refractivity contribution in [3.8, 4) is 0 Å². The Hall–Kier alpha value is -3.97. The molecule has 3 atom stereocenters. The number of carboxylic acids is 1. The van der Waals surface area contributed by atoms with E-state index in [0.717, 1.165) is 5.56 Å². The van der Waals surface area contributed by atoms with Gasteiger partial charge < -0.3 is 5.11 Å². The first-order chi connectivity index (χ1) is 15.5. The van der Waals surface area contributed by atoms with E-state index >= 15 is 0 Å². The second-order valence-corrected chi connectivity index (χ2v) is 7.83. The number of carbonyl (C=O) groups excluding carboxylic acids is 2. The second-order valence-electron chi connectivity index (χ2n) is 7.83. The molecule has 0 spiro atoms. The number of anilines is 1. The monoisotopic (exact) mass is 428 g/mol. The summed E-state index contributed by atoms with van der Waals surface area (Å²) in [6.45, 7) is 0.185. The quantitative estimate of drug-likeness (QED) is 0.627. The molecule has 2 heterocycles. The van der Waals surface area contributed by atoms with Gasteiger partial charge in [-0.05, 0) is 35.4 Å². The number of amides is 2. The maximum absolute atomic E-state index is 13.4. The zero-order valence-corrected chi connectivity index (χ0v) is 17.0. The predicted octanol–water partition coefficient (Wildman–Crippen LogP) is 3.43. The van der Waals surface area contributed by atoms with Gasteiger partial charge in [-0.25, -0.2) is 9.86 Å². The number of hydrogen-bond donors (Lipinski definition) is 1. The molecule has 160 valence electrons. The number of rotatable bonds is 5. The molecule has 0 aliphatic carbocycles. The highest BCUT2D eigenvalue weighted by molar-refractivity contribution is 6.07. The highest BCUT2D eigenvalue weighted by Gasteiger charge is 2.59. The Bertz CT molecular complexity index is 1160. The summed E-state index contributed by atoms with van der Waals surface area (Å²) in [5.41, 5.74) is 2.42. The van der Waals surface area contributed by atoms with Crippen molar-refractivity contribution in [1.29, 1.82) is 0 Å². The van der Waals surface area contributed by atoms with Gasteiger partial charge in [0.25, 0.3) is 5.91 Å². The van der Waals surface area contributed by atoms with Crippen LogP contribution in [0.25, 0.3) is 0 Å². The number of para-hydroxylation sites is 1. The van der Waals surface area contributed by atoms with Crippen LogP contribution in [0.2, 0.25) is 0 Å². The number of hydrogen-bond acceptors (Lipinski definition) is 5. The fourth-order valence-electron chi connectivity index (χ4n) is 4.35. The topological polar surface area (TPSA) is 87.2 Å². The Balaban J connectivity index is 1.52. The second kappa shape index (κ2) is 7.94. The summed E-state index contributed by atoms with van der Waals surface area (Å²) in [5.74, 6) is -2.43. The first-order valence-electron chi connectivity index (χ1n) is 10.3. The SMILES string of the molecule is O=C(O)c1ccc([C@@H]2[C@H]3C(=O)N(Cc4ccccc4)C(=O)[C@@H]3ON2c2ccccc2)cc1. The zero-order valence-electron chi connectivity index (χ0n) is 17.0. The Morgan fingerprint density at radius 2 is 1.47 bits per heavy atom. The van der Waals surface area contributed by atoms with Crippen molar-refractivity contribution < 1.29 is 24.3 Å². The molecule has 2 fully saturated rings. The number of aromatic carboxylic acids is 1. The highest BCUT2D eigenvalue weighted by atomic mass is 16.7. The number of fused-ring (bicyclic) bond motifs is 1. The maximum atomic E-state index is 13.4. The van der Waals surface area contributed by atoms with Gasteiger partial charge in [-0.3, -0.25) is 19.3 Å². The van der Waals surface area contributed by atoms with E-state index in [1.165, 1.54) is 17.0 Å². The lowest BCUT2D eigenvalue weighted by Crippen LogP contribution is -2.36. The molecule has 2 saturated heterocycles. The zero-order chi connectivity index (χ0) is 22.2. The number of nitrogens with zero attached hydrogens (tertiary/aromatic N) is 2. The van der Waals surface area contributed by atoms with E-state index in [4.69, 9.17) is 4.84 Å². The van der Waals surface area contributed by atoms with Crippen LogP contribution in [0.15, 0.2) is 84.9 Å². The normalized spacial score (nSPS) is 22.3. The maximum Gasteiger partial charge on any atom is 0.335 e. The number of likely N-dealkylation sites (tertiary alicyclic amines) is 1. The molecule has 0 unspecified atom stereocenters. The van der Waals surface area contributed by atoms with Crippen LogP contribution in [0, 0.1) is 5.92 Å². The van der Waals surface area contributed by atoms with E-state index in [1.807, 2.05) is 60.7 Å². The van der Waals surface area contributed by atoms with E-state index < -0.39 is 24.0 Å². The van der Waals surface area contributed by atoms with Gasteiger partial charge in [0.05, 0.1) is 23.8 Å². The largest absolute Gasteiger partial charge is 0.478 e. The third kappa shape index (κ3) is 3.33. The first-order valence-corrected chi connectivity index (χ1v) is 10.3. The molecule has 7 heteroatoms. The van der Waals surface area contributed by atoms with E-state index in [-0.39, 0.29) is 23.9 Å². The minimum Gasteiger partial charge on any atom is -0.478 e. The lowest BCUT2D eigenvalue weighted by atomic mass is 9.90. The van der Waals surface area contributed by atoms with Gasteiger partial charge in [-0.15, -0.1) is 0 Å². The van der Waals surface area contributed by atoms with E-state index in [0.29, 0.717) is 11.3 Å². The van der Waals surface area contributed by atoms with Crippen LogP contribution in [-0.2, 0) is 21.0 Å². The van der Waals surface area contributed by atoms with Crippen LogP contribution in [-0.4, -0.2) is 33.9 Å². The average Bonchev–Trinajstić information content (AvgIpc) is 3.32. The molecule has 0 saturated carbocycles. The Morgan fingerprint density at radius 3 is 2.09 bits per heavy atom. The van der Waals surface area contributed by atoms with Gasteiger partial charge in [-0.1, -0.05) is 60.7 Å². The van der Waals surface area contributed by atoms with Crippen LogP contribution in [0.5, 0.6) is 0 Å². The number of carbonyl (C=O) groups is 3. The van der Waals surface area contributed by atoms with Gasteiger partial charge in [0, 0.05) is 0 Å². The molecule has 3 aromatic carbocycles. The fourth-order valence-corrected chi connectivity index (χ4v) is 4.35. The highest BCUT2D eigenvalue weighted by Crippen LogP contribution is 2.46. The predicted molar refractivity (Wildman–Crippen MR) is 115 cm³/mol. The van der Waals surface area contributed by atoms with Gasteiger partial charge in [0.15, 0.2) is 6.10 Å². The average molecular weight is 428 g/mol. The smallest absolute Gasteiger partial charge is 0.335 e. The first kappa shape index (κ1) is 20.0. The van der Waals surface area contributed by atoms with E-state index in [1.54, 1.807) is 17.2 Å². The molecule has 0 aromatic heterocycles. The summed E-state index contributed by atoms with van der Waals surface area (Å²) in [6, 6.07) is 24.4. The summed E-state index contributed by atoms with van der Waals surface area (Å²) in [5, 5.41) is 10.8. The Labute approximate surface area is 184 Å². The molecule has 7 nitrogen and oxygen atoms in total. The summed E-state index contributed by atoms with van der Waals surface area (Å²) in [4.78, 5) is 45.2. The number of benzene rings is 3. The third-order valence-electron chi connectivity index (χ3n) is 5.90. The third-order valence-corrected chi connectivity index (χ3v) is 5.90. The molecule has 32 heavy (non-hydrogen) atoms.